The lowest BCUT2D eigenvalue weighted by Crippen LogP contribution is -2.13. The zero-order valence-corrected chi connectivity index (χ0v) is 18.2. The molecule has 0 aliphatic heterocycles. The maximum absolute atomic E-state index is 12.7. The summed E-state index contributed by atoms with van der Waals surface area (Å²) in [6.45, 7) is 5.30. The number of nitrogens with zero attached hydrogens (tertiary/aromatic N) is 1. The Morgan fingerprint density at radius 2 is 1.83 bits per heavy atom. The highest BCUT2D eigenvalue weighted by atomic mass is 16.5. The first kappa shape index (κ1) is 23.2. The Balaban J connectivity index is 2.08. The summed E-state index contributed by atoms with van der Waals surface area (Å²) in [6, 6.07) is 7.09. The highest BCUT2D eigenvalue weighted by Crippen LogP contribution is 2.29. The van der Waals surface area contributed by atoms with Gasteiger partial charge in [-0.05, 0) is 50.1 Å². The summed E-state index contributed by atoms with van der Waals surface area (Å²) in [7, 11) is 4.52. The maximum Gasteiger partial charge on any atom is 0.330 e. The quantitative estimate of drug-likeness (QED) is 0.242. The summed E-state index contributed by atoms with van der Waals surface area (Å²) in [5.41, 5.74) is 3.36. The SMILES string of the molecule is COCCCn1c(C)cc(C(=O)COc2ccc(/C=C/C(=O)OC)cc2OC)c1C. The second-order valence-corrected chi connectivity index (χ2v) is 6.76. The van der Waals surface area contributed by atoms with Crippen molar-refractivity contribution in [2.24, 2.45) is 0 Å². The van der Waals surface area contributed by atoms with E-state index in [0.29, 0.717) is 23.7 Å². The molecule has 1 aromatic carbocycles. The van der Waals surface area contributed by atoms with Crippen LogP contribution < -0.4 is 9.47 Å². The molecule has 162 valence electrons. The van der Waals surface area contributed by atoms with Crippen LogP contribution in [0.15, 0.2) is 30.3 Å². The molecule has 7 heteroatoms. The molecular formula is C23H29NO6. The number of ether oxygens (including phenoxy) is 4. The first-order valence-electron chi connectivity index (χ1n) is 9.67. The average molecular weight is 415 g/mol. The van der Waals surface area contributed by atoms with Gasteiger partial charge >= 0.3 is 5.97 Å². The molecule has 0 N–H and O–H groups in total. The van der Waals surface area contributed by atoms with Gasteiger partial charge in [0.05, 0.1) is 14.2 Å². The Hall–Kier alpha value is -3.06. The van der Waals surface area contributed by atoms with Crippen molar-refractivity contribution >= 4 is 17.8 Å². The molecule has 0 amide bonds. The number of Topliss-reactive ketones (excluding diaryl/α,β-unsaturated/α-hetero) is 1. The van der Waals surface area contributed by atoms with Gasteiger partial charge in [-0.3, -0.25) is 4.79 Å². The molecule has 1 heterocycles. The van der Waals surface area contributed by atoms with E-state index in [1.807, 2.05) is 19.9 Å². The number of esters is 1. The second-order valence-electron chi connectivity index (χ2n) is 6.76. The normalized spacial score (nSPS) is 11.0. The summed E-state index contributed by atoms with van der Waals surface area (Å²) in [4.78, 5) is 24.0. The number of carbonyl (C=O) groups is 2. The molecule has 7 nitrogen and oxygen atoms in total. The largest absolute Gasteiger partial charge is 0.493 e. The fourth-order valence-electron chi connectivity index (χ4n) is 3.15. The average Bonchev–Trinajstić information content (AvgIpc) is 3.04. The van der Waals surface area contributed by atoms with Crippen molar-refractivity contribution in [3.63, 3.8) is 0 Å². The van der Waals surface area contributed by atoms with Crippen LogP contribution in [0, 0.1) is 13.8 Å². The van der Waals surface area contributed by atoms with E-state index in [4.69, 9.17) is 14.2 Å². The fraction of sp³-hybridized carbons (Fsp3) is 0.391. The van der Waals surface area contributed by atoms with Crippen LogP contribution in [0.25, 0.3) is 6.08 Å². The monoisotopic (exact) mass is 415 g/mol. The van der Waals surface area contributed by atoms with Gasteiger partial charge in [0, 0.05) is 43.3 Å². The van der Waals surface area contributed by atoms with Crippen molar-refractivity contribution in [2.75, 3.05) is 34.5 Å². The van der Waals surface area contributed by atoms with Crippen LogP contribution in [0.4, 0.5) is 0 Å². The first-order chi connectivity index (χ1) is 14.4. The zero-order valence-electron chi connectivity index (χ0n) is 18.2. The number of hydrogen-bond acceptors (Lipinski definition) is 6. The number of hydrogen-bond donors (Lipinski definition) is 0. The molecule has 0 aliphatic rings. The number of aromatic nitrogens is 1. The number of ketones is 1. The predicted octanol–water partition coefficient (Wildman–Crippen LogP) is 3.60. The lowest BCUT2D eigenvalue weighted by molar-refractivity contribution is -0.134. The van der Waals surface area contributed by atoms with Crippen molar-refractivity contribution in [1.82, 2.24) is 4.57 Å². The Bertz CT molecular complexity index is 913. The zero-order chi connectivity index (χ0) is 22.1. The number of carbonyl (C=O) groups excluding carboxylic acids is 2. The van der Waals surface area contributed by atoms with Gasteiger partial charge in [0.2, 0.25) is 5.78 Å². The number of benzene rings is 1. The summed E-state index contributed by atoms with van der Waals surface area (Å²) < 4.78 is 22.9. The van der Waals surface area contributed by atoms with Crippen molar-refractivity contribution in [1.29, 1.82) is 0 Å². The summed E-state index contributed by atoms with van der Waals surface area (Å²) >= 11 is 0. The van der Waals surface area contributed by atoms with E-state index in [0.717, 1.165) is 29.9 Å². The van der Waals surface area contributed by atoms with Gasteiger partial charge in [0.1, 0.15) is 0 Å². The number of aryl methyl sites for hydroxylation is 1. The van der Waals surface area contributed by atoms with E-state index in [9.17, 15) is 9.59 Å². The van der Waals surface area contributed by atoms with Crippen molar-refractivity contribution < 1.29 is 28.5 Å². The van der Waals surface area contributed by atoms with Gasteiger partial charge in [-0.2, -0.15) is 0 Å². The molecule has 0 radical (unpaired) electrons. The van der Waals surface area contributed by atoms with Crippen LogP contribution in [0.1, 0.15) is 33.7 Å². The number of rotatable bonds is 11. The van der Waals surface area contributed by atoms with E-state index in [1.54, 1.807) is 31.4 Å². The summed E-state index contributed by atoms with van der Waals surface area (Å²) in [5, 5.41) is 0. The van der Waals surface area contributed by atoms with E-state index in [2.05, 4.69) is 9.30 Å². The smallest absolute Gasteiger partial charge is 0.330 e. The maximum atomic E-state index is 12.7. The van der Waals surface area contributed by atoms with Gasteiger partial charge in [0.25, 0.3) is 0 Å². The standard InChI is InChI=1S/C23H29NO6/c1-16-13-19(17(2)24(16)11-6-12-27-3)20(25)15-30-21-9-7-18(14-22(21)28-4)8-10-23(26)29-5/h7-10,13-14H,6,11-12,15H2,1-5H3/b10-8+. The fourth-order valence-corrected chi connectivity index (χ4v) is 3.15. The molecule has 0 saturated carbocycles. The molecule has 0 aliphatic carbocycles. The van der Waals surface area contributed by atoms with Crippen molar-refractivity contribution in [2.45, 2.75) is 26.8 Å². The topological polar surface area (TPSA) is 76.0 Å². The van der Waals surface area contributed by atoms with Gasteiger partial charge in [-0.1, -0.05) is 6.07 Å². The van der Waals surface area contributed by atoms with Gasteiger partial charge < -0.3 is 23.5 Å². The van der Waals surface area contributed by atoms with Gasteiger partial charge in [-0.15, -0.1) is 0 Å². The molecule has 30 heavy (non-hydrogen) atoms. The molecule has 0 saturated heterocycles. The lowest BCUT2D eigenvalue weighted by Gasteiger charge is -2.11. The van der Waals surface area contributed by atoms with E-state index < -0.39 is 5.97 Å². The first-order valence-corrected chi connectivity index (χ1v) is 9.67. The highest BCUT2D eigenvalue weighted by molar-refractivity contribution is 5.98. The van der Waals surface area contributed by atoms with Crippen LogP contribution in [-0.2, 0) is 20.8 Å². The van der Waals surface area contributed by atoms with Crippen LogP contribution in [-0.4, -0.2) is 50.9 Å². The minimum atomic E-state index is -0.445. The molecule has 2 rings (SSSR count). The van der Waals surface area contributed by atoms with Gasteiger partial charge in [-0.25, -0.2) is 4.79 Å². The van der Waals surface area contributed by atoms with E-state index in [-0.39, 0.29) is 12.4 Å². The highest BCUT2D eigenvalue weighted by Gasteiger charge is 2.17. The Morgan fingerprint density at radius 3 is 2.50 bits per heavy atom. The Labute approximate surface area is 177 Å². The van der Waals surface area contributed by atoms with Crippen LogP contribution in [0.5, 0.6) is 11.5 Å². The lowest BCUT2D eigenvalue weighted by atomic mass is 10.1. The minimum Gasteiger partial charge on any atom is -0.493 e. The minimum absolute atomic E-state index is 0.0993. The van der Waals surface area contributed by atoms with Crippen molar-refractivity contribution in [3.05, 3.63) is 52.9 Å². The van der Waals surface area contributed by atoms with E-state index >= 15 is 0 Å². The second kappa shape index (κ2) is 11.2. The van der Waals surface area contributed by atoms with Crippen LogP contribution >= 0.6 is 0 Å². The third kappa shape index (κ3) is 5.97. The molecule has 0 atom stereocenters. The Kier molecular flexibility index (Phi) is 8.68. The van der Waals surface area contributed by atoms with Gasteiger partial charge in [0.15, 0.2) is 18.1 Å². The molecule has 0 unspecified atom stereocenters. The molecule has 0 bridgehead atoms. The molecule has 0 spiro atoms. The van der Waals surface area contributed by atoms with Crippen molar-refractivity contribution in [3.8, 4) is 11.5 Å². The third-order valence-corrected chi connectivity index (χ3v) is 4.76. The van der Waals surface area contributed by atoms with E-state index in [1.165, 1.54) is 20.3 Å². The predicted molar refractivity (Wildman–Crippen MR) is 114 cm³/mol. The summed E-state index contributed by atoms with van der Waals surface area (Å²) in [6.07, 6.45) is 3.81. The third-order valence-electron chi connectivity index (χ3n) is 4.76. The Morgan fingerprint density at radius 1 is 1.07 bits per heavy atom. The number of methoxy groups -OCH3 is 3. The van der Waals surface area contributed by atoms with Crippen LogP contribution in [0.2, 0.25) is 0 Å². The molecular weight excluding hydrogens is 386 g/mol. The van der Waals surface area contributed by atoms with Crippen LogP contribution in [0.3, 0.4) is 0 Å². The molecule has 0 fully saturated rings. The molecule has 2 aromatic rings. The molecule has 1 aromatic heterocycles. The summed E-state index contributed by atoms with van der Waals surface area (Å²) in [5.74, 6) is 0.382.